The number of pyridine rings is 1. The van der Waals surface area contributed by atoms with E-state index in [1.807, 2.05) is 42.5 Å². The predicted octanol–water partition coefficient (Wildman–Crippen LogP) is 4.53. The summed E-state index contributed by atoms with van der Waals surface area (Å²) in [7, 11) is 1.65. The summed E-state index contributed by atoms with van der Waals surface area (Å²) in [5.74, 6) is 0.778. The van der Waals surface area contributed by atoms with Gasteiger partial charge in [-0.05, 0) is 24.3 Å². The van der Waals surface area contributed by atoms with Crippen molar-refractivity contribution in [1.82, 2.24) is 9.97 Å². The largest absolute Gasteiger partial charge is 0.497 e. The molecule has 0 amide bonds. The molecule has 0 unspecified atom stereocenters. The average molecular weight is 283 g/mol. The number of hydrogen-bond donors (Lipinski definition) is 1. The highest BCUT2D eigenvalue weighted by Gasteiger charge is 2.13. The van der Waals surface area contributed by atoms with Crippen LogP contribution in [0.4, 0.5) is 0 Å². The number of halogens is 1. The Bertz CT molecular complexity index is 959. The van der Waals surface area contributed by atoms with Gasteiger partial charge in [0.25, 0.3) is 0 Å². The van der Waals surface area contributed by atoms with Crippen LogP contribution < -0.4 is 4.74 Å². The maximum atomic E-state index is 6.61. The molecule has 0 bridgehead atoms. The molecule has 0 atom stereocenters. The van der Waals surface area contributed by atoms with Crippen LogP contribution >= 0.6 is 11.6 Å². The lowest BCUT2D eigenvalue weighted by Gasteiger charge is -2.05. The van der Waals surface area contributed by atoms with Crippen molar-refractivity contribution < 1.29 is 4.74 Å². The number of H-pyrrole nitrogens is 1. The average Bonchev–Trinajstić information content (AvgIpc) is 2.85. The Labute approximate surface area is 120 Å². The molecular weight excluding hydrogens is 272 g/mol. The molecule has 4 rings (SSSR count). The van der Waals surface area contributed by atoms with Gasteiger partial charge in [-0.15, -0.1) is 0 Å². The van der Waals surface area contributed by atoms with E-state index < -0.39 is 0 Å². The molecule has 0 spiro atoms. The quantitative estimate of drug-likeness (QED) is 0.557. The van der Waals surface area contributed by atoms with Crippen molar-refractivity contribution in [3.8, 4) is 5.75 Å². The van der Waals surface area contributed by atoms with E-state index in [-0.39, 0.29) is 0 Å². The van der Waals surface area contributed by atoms with E-state index >= 15 is 0 Å². The Kier molecular flexibility index (Phi) is 2.38. The van der Waals surface area contributed by atoms with Gasteiger partial charge in [-0.25, -0.2) is 4.98 Å². The Morgan fingerprint density at radius 1 is 1.10 bits per heavy atom. The number of aromatic amines is 1. The van der Waals surface area contributed by atoms with E-state index in [4.69, 9.17) is 16.3 Å². The van der Waals surface area contributed by atoms with E-state index in [1.165, 1.54) is 0 Å². The van der Waals surface area contributed by atoms with Gasteiger partial charge in [-0.3, -0.25) is 0 Å². The van der Waals surface area contributed by atoms with E-state index in [2.05, 4.69) is 9.97 Å². The molecule has 0 saturated carbocycles. The molecule has 0 fully saturated rings. The fourth-order valence-corrected chi connectivity index (χ4v) is 2.95. The molecule has 0 saturated heterocycles. The fourth-order valence-electron chi connectivity index (χ4n) is 2.60. The molecule has 3 nitrogen and oxygen atoms in total. The lowest BCUT2D eigenvalue weighted by molar-refractivity contribution is 0.415. The summed E-state index contributed by atoms with van der Waals surface area (Å²) in [5.41, 5.74) is 2.71. The normalized spacial score (nSPS) is 11.5. The summed E-state index contributed by atoms with van der Waals surface area (Å²) in [6, 6.07) is 13.8. The number of fused-ring (bicyclic) bond motifs is 4. The molecule has 2 aromatic carbocycles. The first-order valence-corrected chi connectivity index (χ1v) is 6.69. The van der Waals surface area contributed by atoms with E-state index in [0.29, 0.717) is 5.02 Å². The van der Waals surface area contributed by atoms with Crippen LogP contribution in [0, 0.1) is 0 Å². The first-order chi connectivity index (χ1) is 9.78. The molecule has 2 heterocycles. The van der Waals surface area contributed by atoms with Gasteiger partial charge in [0.05, 0.1) is 17.6 Å². The molecule has 1 N–H and O–H groups in total. The molecule has 0 aliphatic carbocycles. The summed E-state index contributed by atoms with van der Waals surface area (Å²) >= 11 is 6.61. The molecule has 98 valence electrons. The van der Waals surface area contributed by atoms with Gasteiger partial charge in [0.1, 0.15) is 11.4 Å². The maximum Gasteiger partial charge on any atom is 0.140 e. The van der Waals surface area contributed by atoms with Gasteiger partial charge in [-0.1, -0.05) is 29.8 Å². The number of rotatable bonds is 1. The minimum absolute atomic E-state index is 0.710. The third kappa shape index (κ3) is 1.50. The molecule has 4 aromatic rings. The molecule has 20 heavy (non-hydrogen) atoms. The van der Waals surface area contributed by atoms with Crippen LogP contribution in [0.25, 0.3) is 32.8 Å². The number of ether oxygens (including phenoxy) is 1. The van der Waals surface area contributed by atoms with Crippen LogP contribution in [0.15, 0.2) is 42.5 Å². The zero-order valence-corrected chi connectivity index (χ0v) is 11.5. The van der Waals surface area contributed by atoms with Crippen molar-refractivity contribution in [2.24, 2.45) is 0 Å². The van der Waals surface area contributed by atoms with Crippen molar-refractivity contribution in [1.29, 1.82) is 0 Å². The van der Waals surface area contributed by atoms with Crippen LogP contribution in [0.2, 0.25) is 5.02 Å². The Morgan fingerprint density at radius 3 is 2.80 bits per heavy atom. The van der Waals surface area contributed by atoms with Crippen molar-refractivity contribution >= 4 is 44.4 Å². The third-order valence-corrected chi connectivity index (χ3v) is 3.97. The second kappa shape index (κ2) is 4.12. The molecule has 2 aromatic heterocycles. The van der Waals surface area contributed by atoms with Gasteiger partial charge in [-0.2, -0.15) is 0 Å². The number of benzene rings is 2. The number of aromatic nitrogens is 2. The topological polar surface area (TPSA) is 37.9 Å². The molecule has 0 radical (unpaired) electrons. The van der Waals surface area contributed by atoms with Crippen molar-refractivity contribution in [3.63, 3.8) is 0 Å². The van der Waals surface area contributed by atoms with Crippen molar-refractivity contribution in [2.75, 3.05) is 7.11 Å². The third-order valence-electron chi connectivity index (χ3n) is 3.58. The van der Waals surface area contributed by atoms with Gasteiger partial charge < -0.3 is 9.72 Å². The molecule has 0 aliphatic heterocycles. The van der Waals surface area contributed by atoms with Gasteiger partial charge in [0.15, 0.2) is 0 Å². The first kappa shape index (κ1) is 11.6. The van der Waals surface area contributed by atoms with Gasteiger partial charge in [0, 0.05) is 21.7 Å². The fraction of sp³-hybridized carbons (Fsp3) is 0.0625. The van der Waals surface area contributed by atoms with Crippen LogP contribution in [-0.4, -0.2) is 17.1 Å². The van der Waals surface area contributed by atoms with Crippen LogP contribution in [0.1, 0.15) is 0 Å². The molecule has 4 heteroatoms. The highest BCUT2D eigenvalue weighted by molar-refractivity contribution is 6.42. The summed E-state index contributed by atoms with van der Waals surface area (Å²) in [4.78, 5) is 7.97. The number of hydrogen-bond acceptors (Lipinski definition) is 2. The molecule has 0 aliphatic rings. The number of nitrogens with zero attached hydrogens (tertiary/aromatic N) is 1. The number of para-hydroxylation sites is 1. The van der Waals surface area contributed by atoms with E-state index in [0.717, 1.165) is 38.6 Å². The maximum absolute atomic E-state index is 6.61. The highest BCUT2D eigenvalue weighted by atomic mass is 35.5. The monoisotopic (exact) mass is 282 g/mol. The second-order valence-corrected chi connectivity index (χ2v) is 5.08. The summed E-state index contributed by atoms with van der Waals surface area (Å²) in [5, 5.41) is 3.66. The SMILES string of the molecule is COc1ccc2nc3[nH]c4ccccc4c3c(Cl)c2c1. The Hall–Kier alpha value is -2.26. The zero-order valence-electron chi connectivity index (χ0n) is 10.8. The van der Waals surface area contributed by atoms with E-state index in [1.54, 1.807) is 7.11 Å². The lowest BCUT2D eigenvalue weighted by Crippen LogP contribution is -1.86. The minimum atomic E-state index is 0.710. The first-order valence-electron chi connectivity index (χ1n) is 6.31. The predicted molar refractivity (Wildman–Crippen MR) is 82.7 cm³/mol. The van der Waals surface area contributed by atoms with Crippen LogP contribution in [0.5, 0.6) is 5.75 Å². The van der Waals surface area contributed by atoms with Crippen molar-refractivity contribution in [2.45, 2.75) is 0 Å². The Morgan fingerprint density at radius 2 is 1.95 bits per heavy atom. The smallest absolute Gasteiger partial charge is 0.140 e. The van der Waals surface area contributed by atoms with Gasteiger partial charge >= 0.3 is 0 Å². The summed E-state index contributed by atoms with van der Waals surface area (Å²) < 4.78 is 5.26. The van der Waals surface area contributed by atoms with E-state index in [9.17, 15) is 0 Å². The minimum Gasteiger partial charge on any atom is -0.497 e. The highest BCUT2D eigenvalue weighted by Crippen LogP contribution is 2.36. The number of methoxy groups -OCH3 is 1. The van der Waals surface area contributed by atoms with Crippen LogP contribution in [0.3, 0.4) is 0 Å². The second-order valence-electron chi connectivity index (χ2n) is 4.70. The zero-order chi connectivity index (χ0) is 13.7. The summed E-state index contributed by atoms with van der Waals surface area (Å²) in [6.07, 6.45) is 0. The molecular formula is C16H11ClN2O. The van der Waals surface area contributed by atoms with Gasteiger partial charge in [0.2, 0.25) is 0 Å². The standard InChI is InChI=1S/C16H11ClN2O/c1-20-9-6-7-13-11(8-9)15(17)14-10-4-2-3-5-12(10)18-16(14)19-13/h2-8H,1H3,(H,18,19). The summed E-state index contributed by atoms with van der Waals surface area (Å²) in [6.45, 7) is 0. The lowest BCUT2D eigenvalue weighted by atomic mass is 10.1. The van der Waals surface area contributed by atoms with Crippen molar-refractivity contribution in [3.05, 3.63) is 47.5 Å². The number of nitrogens with one attached hydrogen (secondary N) is 1. The van der Waals surface area contributed by atoms with Crippen LogP contribution in [-0.2, 0) is 0 Å². The Balaban J connectivity index is 2.23.